The highest BCUT2D eigenvalue weighted by molar-refractivity contribution is 7.80. The summed E-state index contributed by atoms with van der Waals surface area (Å²) in [5, 5.41) is 15.7. The van der Waals surface area contributed by atoms with Gasteiger partial charge in [0.25, 0.3) is 0 Å². The highest BCUT2D eigenvalue weighted by Gasteiger charge is 2.40. The highest BCUT2D eigenvalue weighted by atomic mass is 32.1. The molecule has 1 aromatic rings. The van der Waals surface area contributed by atoms with Gasteiger partial charge in [0.1, 0.15) is 5.60 Å². The van der Waals surface area contributed by atoms with E-state index in [2.05, 4.69) is 27.2 Å². The van der Waals surface area contributed by atoms with Crippen molar-refractivity contribution < 1.29 is 5.11 Å². The largest absolute Gasteiger partial charge is 0.384 e. The van der Waals surface area contributed by atoms with E-state index in [1.807, 2.05) is 25.2 Å². The third kappa shape index (κ3) is 4.33. The van der Waals surface area contributed by atoms with Crippen molar-refractivity contribution >= 4 is 17.3 Å². The number of hydrogen-bond acceptors (Lipinski definition) is 3. The Hall–Kier alpha value is -1.17. The third-order valence-corrected chi connectivity index (χ3v) is 6.35. The number of thiocarbonyl (C=S) groups is 1. The van der Waals surface area contributed by atoms with Crippen molar-refractivity contribution in [2.45, 2.75) is 37.7 Å². The molecule has 1 heterocycles. The van der Waals surface area contributed by atoms with Crippen molar-refractivity contribution in [3.63, 3.8) is 0 Å². The zero-order valence-electron chi connectivity index (χ0n) is 15.3. The maximum Gasteiger partial charge on any atom is 0.168 e. The Morgan fingerprint density at radius 1 is 1.12 bits per heavy atom. The van der Waals surface area contributed by atoms with E-state index in [-0.39, 0.29) is 0 Å². The molecule has 2 N–H and O–H groups in total. The molecule has 25 heavy (non-hydrogen) atoms. The van der Waals surface area contributed by atoms with E-state index in [0.717, 1.165) is 56.2 Å². The van der Waals surface area contributed by atoms with Crippen LogP contribution in [0.1, 0.15) is 37.7 Å². The van der Waals surface area contributed by atoms with Gasteiger partial charge in [-0.05, 0) is 36.5 Å². The van der Waals surface area contributed by atoms with Crippen LogP contribution in [0.2, 0.25) is 0 Å². The topological polar surface area (TPSA) is 38.7 Å². The summed E-state index contributed by atoms with van der Waals surface area (Å²) in [4.78, 5) is 4.63. The van der Waals surface area contributed by atoms with Crippen LogP contribution in [0.25, 0.3) is 0 Å². The first kappa shape index (κ1) is 18.6. The number of nitrogens with one attached hydrogen (secondary N) is 1. The van der Waals surface area contributed by atoms with E-state index in [0.29, 0.717) is 5.92 Å². The fraction of sp³-hybridized carbons (Fsp3) is 0.650. The molecular formula is C20H31N3OS. The van der Waals surface area contributed by atoms with Gasteiger partial charge in [-0.2, -0.15) is 0 Å². The lowest BCUT2D eigenvalue weighted by molar-refractivity contribution is -0.0682. The second-order valence-electron chi connectivity index (χ2n) is 7.44. The minimum Gasteiger partial charge on any atom is -0.384 e. The lowest BCUT2D eigenvalue weighted by atomic mass is 9.73. The van der Waals surface area contributed by atoms with Crippen LogP contribution in [-0.2, 0) is 5.60 Å². The molecule has 0 amide bonds. The molecule has 3 rings (SSSR count). The number of hydrogen-bond donors (Lipinski definition) is 2. The first-order valence-corrected chi connectivity index (χ1v) is 10.0. The molecule has 1 aromatic carbocycles. The van der Waals surface area contributed by atoms with Crippen molar-refractivity contribution in [1.82, 2.24) is 15.1 Å². The fourth-order valence-electron chi connectivity index (χ4n) is 4.37. The molecule has 0 spiro atoms. The van der Waals surface area contributed by atoms with Crippen LogP contribution in [0.3, 0.4) is 0 Å². The molecule has 0 aromatic heterocycles. The smallest absolute Gasteiger partial charge is 0.168 e. The second-order valence-corrected chi connectivity index (χ2v) is 7.83. The van der Waals surface area contributed by atoms with Crippen LogP contribution in [0, 0.1) is 5.92 Å². The lowest BCUT2D eigenvalue weighted by Gasteiger charge is -2.44. The summed E-state index contributed by atoms with van der Waals surface area (Å²) in [7, 11) is 1.88. The summed E-state index contributed by atoms with van der Waals surface area (Å²) >= 11 is 5.35. The fourth-order valence-corrected chi connectivity index (χ4v) is 4.55. The van der Waals surface area contributed by atoms with Gasteiger partial charge in [0, 0.05) is 39.8 Å². The number of aliphatic hydroxyl groups is 1. The van der Waals surface area contributed by atoms with Crippen LogP contribution in [0.4, 0.5) is 0 Å². The Bertz CT molecular complexity index is 553. The van der Waals surface area contributed by atoms with E-state index in [1.54, 1.807) is 0 Å². The summed E-state index contributed by atoms with van der Waals surface area (Å²) < 4.78 is 0. The first-order valence-electron chi connectivity index (χ1n) is 9.60. The number of benzene rings is 1. The number of β-amino-alcohol motifs (C(OH)–C–C–N with tert-alkyl or cyclic N) is 1. The average Bonchev–Trinajstić information content (AvgIpc) is 2.69. The lowest BCUT2D eigenvalue weighted by Crippen LogP contribution is -2.55. The summed E-state index contributed by atoms with van der Waals surface area (Å²) in [5.74, 6) is 0.361. The van der Waals surface area contributed by atoms with E-state index in [4.69, 9.17) is 12.2 Å². The molecule has 5 heteroatoms. The molecule has 0 bridgehead atoms. The normalized spacial score (nSPS) is 22.4. The Kier molecular flexibility index (Phi) is 6.31. The van der Waals surface area contributed by atoms with E-state index in [9.17, 15) is 5.11 Å². The minimum absolute atomic E-state index is 0.361. The SMILES string of the molecule is CNC(=S)N1CCN(CC(O)(c2ccccc2)C2CCCCC2)CC1. The molecule has 1 saturated carbocycles. The summed E-state index contributed by atoms with van der Waals surface area (Å²) in [6.07, 6.45) is 6.06. The van der Waals surface area contributed by atoms with Crippen LogP contribution in [0.5, 0.6) is 0 Å². The zero-order chi connectivity index (χ0) is 17.7. The van der Waals surface area contributed by atoms with Crippen molar-refractivity contribution in [2.24, 2.45) is 5.92 Å². The number of piperazine rings is 1. The van der Waals surface area contributed by atoms with Gasteiger partial charge >= 0.3 is 0 Å². The van der Waals surface area contributed by atoms with Gasteiger partial charge in [-0.3, -0.25) is 4.90 Å². The molecule has 1 saturated heterocycles. The van der Waals surface area contributed by atoms with Crippen molar-refractivity contribution in [2.75, 3.05) is 39.8 Å². The molecule has 1 aliphatic carbocycles. The van der Waals surface area contributed by atoms with Crippen molar-refractivity contribution in [3.05, 3.63) is 35.9 Å². The van der Waals surface area contributed by atoms with Gasteiger partial charge in [-0.25, -0.2) is 0 Å². The average molecular weight is 362 g/mol. The summed E-state index contributed by atoms with van der Waals surface area (Å²) in [6.45, 7) is 4.47. The van der Waals surface area contributed by atoms with Gasteiger partial charge in [-0.1, -0.05) is 49.6 Å². The standard InChI is InChI=1S/C20H31N3OS/c1-21-19(25)23-14-12-22(13-15-23)16-20(24,17-8-4-2-5-9-17)18-10-6-3-7-11-18/h2,4-5,8-9,18,24H,3,6-7,10-16H2,1H3,(H,21,25). The maximum absolute atomic E-state index is 11.8. The molecular weight excluding hydrogens is 330 g/mol. The molecule has 138 valence electrons. The van der Waals surface area contributed by atoms with Crippen LogP contribution in [0.15, 0.2) is 30.3 Å². The Balaban J connectivity index is 1.71. The molecule has 0 radical (unpaired) electrons. The minimum atomic E-state index is -0.743. The molecule has 4 nitrogen and oxygen atoms in total. The highest BCUT2D eigenvalue weighted by Crippen LogP contribution is 2.40. The maximum atomic E-state index is 11.8. The van der Waals surface area contributed by atoms with E-state index < -0.39 is 5.60 Å². The molecule has 1 aliphatic heterocycles. The summed E-state index contributed by atoms with van der Waals surface area (Å²) in [5.41, 5.74) is 0.336. The van der Waals surface area contributed by atoms with Gasteiger partial charge in [0.15, 0.2) is 5.11 Å². The number of rotatable bonds is 4. The molecule has 2 aliphatic rings. The van der Waals surface area contributed by atoms with Gasteiger partial charge in [0.2, 0.25) is 0 Å². The Labute approximate surface area is 157 Å². The second kappa shape index (κ2) is 8.47. The van der Waals surface area contributed by atoms with E-state index >= 15 is 0 Å². The number of nitrogens with zero attached hydrogens (tertiary/aromatic N) is 2. The van der Waals surface area contributed by atoms with Crippen LogP contribution in [-0.4, -0.2) is 59.8 Å². The zero-order valence-corrected chi connectivity index (χ0v) is 16.1. The molecule has 2 fully saturated rings. The quantitative estimate of drug-likeness (QED) is 0.807. The van der Waals surface area contributed by atoms with Crippen molar-refractivity contribution in [1.29, 1.82) is 0 Å². The summed E-state index contributed by atoms with van der Waals surface area (Å²) in [6, 6.07) is 10.3. The van der Waals surface area contributed by atoms with Crippen LogP contribution >= 0.6 is 12.2 Å². The van der Waals surface area contributed by atoms with Gasteiger partial charge in [-0.15, -0.1) is 0 Å². The Morgan fingerprint density at radius 2 is 1.76 bits per heavy atom. The van der Waals surface area contributed by atoms with Gasteiger partial charge in [0.05, 0.1) is 0 Å². The van der Waals surface area contributed by atoms with Crippen LogP contribution < -0.4 is 5.32 Å². The monoisotopic (exact) mass is 361 g/mol. The molecule has 1 unspecified atom stereocenters. The van der Waals surface area contributed by atoms with E-state index in [1.165, 1.54) is 19.3 Å². The third-order valence-electron chi connectivity index (χ3n) is 5.89. The first-order chi connectivity index (χ1) is 12.1. The Morgan fingerprint density at radius 3 is 2.36 bits per heavy atom. The molecule has 1 atom stereocenters. The predicted octanol–water partition coefficient (Wildman–Crippen LogP) is 2.58. The van der Waals surface area contributed by atoms with Gasteiger partial charge < -0.3 is 15.3 Å². The van der Waals surface area contributed by atoms with Crippen molar-refractivity contribution in [3.8, 4) is 0 Å². The predicted molar refractivity (Wildman–Crippen MR) is 107 cm³/mol.